The standard InChI is InChI=1S/C16H13Cl2N3O2/c1-9(23)13-6-12-14(17)19-16(18)20-15(12)21(13)7-10-2-4-11(8-22)5-3-10/h2-6,8-9,23H,7H2,1H3. The zero-order valence-corrected chi connectivity index (χ0v) is 13.7. The largest absolute Gasteiger partial charge is 0.387 e. The highest BCUT2D eigenvalue weighted by Crippen LogP contribution is 2.29. The van der Waals surface area contributed by atoms with E-state index < -0.39 is 6.10 Å². The maximum absolute atomic E-state index is 10.7. The van der Waals surface area contributed by atoms with E-state index in [1.165, 1.54) is 0 Å². The molecule has 1 unspecified atom stereocenters. The number of aldehydes is 1. The van der Waals surface area contributed by atoms with Crippen LogP contribution in [0.2, 0.25) is 10.4 Å². The molecular weight excluding hydrogens is 337 g/mol. The lowest BCUT2D eigenvalue weighted by Crippen LogP contribution is -2.08. The third-order valence-corrected chi connectivity index (χ3v) is 4.05. The second kappa shape index (κ2) is 6.28. The highest BCUT2D eigenvalue weighted by atomic mass is 35.5. The molecule has 0 spiro atoms. The molecular formula is C16H13Cl2N3O2. The van der Waals surface area contributed by atoms with Gasteiger partial charge in [0.25, 0.3) is 0 Å². The smallest absolute Gasteiger partial charge is 0.225 e. The molecule has 23 heavy (non-hydrogen) atoms. The van der Waals surface area contributed by atoms with E-state index in [9.17, 15) is 9.90 Å². The summed E-state index contributed by atoms with van der Waals surface area (Å²) in [7, 11) is 0. The van der Waals surface area contributed by atoms with Gasteiger partial charge in [-0.1, -0.05) is 35.9 Å². The van der Waals surface area contributed by atoms with Crippen molar-refractivity contribution in [2.24, 2.45) is 0 Å². The highest BCUT2D eigenvalue weighted by Gasteiger charge is 2.17. The molecule has 1 N–H and O–H groups in total. The molecule has 0 bridgehead atoms. The first-order chi connectivity index (χ1) is 11.0. The zero-order chi connectivity index (χ0) is 16.6. The third-order valence-electron chi connectivity index (χ3n) is 3.60. The van der Waals surface area contributed by atoms with Crippen molar-refractivity contribution in [2.75, 3.05) is 0 Å². The van der Waals surface area contributed by atoms with E-state index in [1.807, 2.05) is 16.7 Å². The SMILES string of the molecule is CC(O)c1cc2c(Cl)nc(Cl)nc2n1Cc1ccc(C=O)cc1. The Morgan fingerprint density at radius 3 is 2.57 bits per heavy atom. The Labute approximate surface area is 142 Å². The highest BCUT2D eigenvalue weighted by molar-refractivity contribution is 6.35. The third kappa shape index (κ3) is 3.08. The van der Waals surface area contributed by atoms with Gasteiger partial charge in [0.05, 0.1) is 11.5 Å². The summed E-state index contributed by atoms with van der Waals surface area (Å²) < 4.78 is 1.84. The molecule has 0 saturated heterocycles. The van der Waals surface area contributed by atoms with Crippen molar-refractivity contribution in [3.63, 3.8) is 0 Å². The quantitative estimate of drug-likeness (QED) is 0.443. The van der Waals surface area contributed by atoms with Crippen molar-refractivity contribution in [1.29, 1.82) is 0 Å². The van der Waals surface area contributed by atoms with Crippen LogP contribution in [-0.4, -0.2) is 25.9 Å². The lowest BCUT2D eigenvalue weighted by molar-refractivity contribution is 0.112. The Bertz CT molecular complexity index is 873. The average Bonchev–Trinajstić information content (AvgIpc) is 2.87. The van der Waals surface area contributed by atoms with Gasteiger partial charge in [-0.05, 0) is 30.2 Å². The van der Waals surface area contributed by atoms with Crippen molar-refractivity contribution in [3.05, 3.63) is 57.6 Å². The molecule has 118 valence electrons. The predicted octanol–water partition coefficient (Wildman–Crippen LogP) is 3.65. The molecule has 5 nitrogen and oxygen atoms in total. The normalized spacial score (nSPS) is 12.5. The summed E-state index contributed by atoms with van der Waals surface area (Å²) in [6, 6.07) is 8.95. The van der Waals surface area contributed by atoms with Crippen LogP contribution in [-0.2, 0) is 6.54 Å². The van der Waals surface area contributed by atoms with Crippen LogP contribution < -0.4 is 0 Å². The lowest BCUT2D eigenvalue weighted by Gasteiger charge is -2.12. The van der Waals surface area contributed by atoms with E-state index in [1.54, 1.807) is 25.1 Å². The fourth-order valence-corrected chi connectivity index (χ4v) is 2.91. The molecule has 0 aliphatic heterocycles. The minimum atomic E-state index is -0.701. The topological polar surface area (TPSA) is 68.0 Å². The van der Waals surface area contributed by atoms with Gasteiger partial charge in [-0.2, -0.15) is 4.98 Å². The van der Waals surface area contributed by atoms with Gasteiger partial charge in [-0.3, -0.25) is 4.79 Å². The molecule has 3 rings (SSSR count). The fourth-order valence-electron chi connectivity index (χ4n) is 2.48. The molecule has 7 heteroatoms. The van der Waals surface area contributed by atoms with E-state index >= 15 is 0 Å². The van der Waals surface area contributed by atoms with Crippen molar-refractivity contribution in [2.45, 2.75) is 19.6 Å². The van der Waals surface area contributed by atoms with Crippen molar-refractivity contribution in [3.8, 4) is 0 Å². The Hall–Kier alpha value is -1.95. The van der Waals surface area contributed by atoms with Gasteiger partial charge in [-0.25, -0.2) is 4.98 Å². The van der Waals surface area contributed by atoms with Crippen molar-refractivity contribution < 1.29 is 9.90 Å². The minimum absolute atomic E-state index is 0.0512. The lowest BCUT2D eigenvalue weighted by atomic mass is 10.1. The van der Waals surface area contributed by atoms with Crippen molar-refractivity contribution >= 4 is 40.5 Å². The number of nitrogens with zero attached hydrogens (tertiary/aromatic N) is 3. The van der Waals surface area contributed by atoms with Crippen LogP contribution in [0, 0.1) is 0 Å². The molecule has 2 aromatic heterocycles. The van der Waals surface area contributed by atoms with E-state index in [4.69, 9.17) is 23.2 Å². The number of carbonyl (C=O) groups is 1. The molecule has 0 saturated carbocycles. The predicted molar refractivity (Wildman–Crippen MR) is 89.1 cm³/mol. The van der Waals surface area contributed by atoms with Crippen LogP contribution in [0.5, 0.6) is 0 Å². The number of carbonyl (C=O) groups excluding carboxylic acids is 1. The van der Waals surface area contributed by atoms with E-state index in [-0.39, 0.29) is 10.4 Å². The first kappa shape index (κ1) is 15.9. The van der Waals surface area contributed by atoms with E-state index in [2.05, 4.69) is 9.97 Å². The average molecular weight is 350 g/mol. The van der Waals surface area contributed by atoms with E-state index in [0.29, 0.717) is 28.8 Å². The summed E-state index contributed by atoms with van der Waals surface area (Å²) in [4.78, 5) is 18.9. The number of hydrogen-bond donors (Lipinski definition) is 1. The molecule has 3 aromatic rings. The van der Waals surface area contributed by atoms with Gasteiger partial charge < -0.3 is 9.67 Å². The molecule has 1 atom stereocenters. The minimum Gasteiger partial charge on any atom is -0.387 e. The summed E-state index contributed by atoms with van der Waals surface area (Å²) in [6.45, 7) is 2.13. The fraction of sp³-hybridized carbons (Fsp3) is 0.188. The summed E-state index contributed by atoms with van der Waals surface area (Å²) in [5, 5.41) is 11.0. The molecule has 0 amide bonds. The second-order valence-electron chi connectivity index (χ2n) is 5.21. The number of aliphatic hydroxyl groups is 1. The Morgan fingerprint density at radius 2 is 1.96 bits per heavy atom. The number of benzene rings is 1. The maximum atomic E-state index is 10.7. The Balaban J connectivity index is 2.13. The Kier molecular flexibility index (Phi) is 4.35. The molecule has 0 radical (unpaired) electrons. The number of hydrogen-bond acceptors (Lipinski definition) is 4. The van der Waals surface area contributed by atoms with Gasteiger partial charge in [0.15, 0.2) is 0 Å². The molecule has 0 aliphatic rings. The van der Waals surface area contributed by atoms with Crippen molar-refractivity contribution in [1.82, 2.24) is 14.5 Å². The van der Waals surface area contributed by atoms with Gasteiger partial charge >= 0.3 is 0 Å². The van der Waals surface area contributed by atoms with Gasteiger partial charge in [0, 0.05) is 17.8 Å². The number of aliphatic hydroxyl groups excluding tert-OH is 1. The maximum Gasteiger partial charge on any atom is 0.225 e. The van der Waals surface area contributed by atoms with Gasteiger partial charge in [0.1, 0.15) is 17.1 Å². The van der Waals surface area contributed by atoms with Crippen LogP contribution in [0.25, 0.3) is 11.0 Å². The summed E-state index contributed by atoms with van der Waals surface area (Å²) >= 11 is 12.0. The Morgan fingerprint density at radius 1 is 1.26 bits per heavy atom. The molecule has 2 heterocycles. The van der Waals surface area contributed by atoms with Gasteiger partial charge in [-0.15, -0.1) is 0 Å². The summed E-state index contributed by atoms with van der Waals surface area (Å²) in [5.74, 6) is 0. The first-order valence-corrected chi connectivity index (χ1v) is 7.69. The first-order valence-electron chi connectivity index (χ1n) is 6.94. The number of aromatic nitrogens is 3. The second-order valence-corrected chi connectivity index (χ2v) is 5.91. The number of halogens is 2. The van der Waals surface area contributed by atoms with Crippen LogP contribution in [0.3, 0.4) is 0 Å². The summed E-state index contributed by atoms with van der Waals surface area (Å²) in [6.07, 6.45) is 0.0938. The van der Waals surface area contributed by atoms with Crippen LogP contribution in [0.1, 0.15) is 34.6 Å². The zero-order valence-electron chi connectivity index (χ0n) is 12.2. The molecule has 1 aromatic carbocycles. The van der Waals surface area contributed by atoms with Crippen LogP contribution in [0.4, 0.5) is 0 Å². The monoisotopic (exact) mass is 349 g/mol. The molecule has 0 aliphatic carbocycles. The van der Waals surface area contributed by atoms with Crippen LogP contribution in [0.15, 0.2) is 30.3 Å². The molecule has 0 fully saturated rings. The van der Waals surface area contributed by atoms with E-state index in [0.717, 1.165) is 11.8 Å². The summed E-state index contributed by atoms with van der Waals surface area (Å²) in [5.41, 5.74) is 2.79. The van der Waals surface area contributed by atoms with Crippen LogP contribution >= 0.6 is 23.2 Å². The van der Waals surface area contributed by atoms with Gasteiger partial charge in [0.2, 0.25) is 5.28 Å². The number of rotatable bonds is 4. The number of fused-ring (bicyclic) bond motifs is 1.